The number of carboxylic acid groups (broad SMARTS) is 1. The van der Waals surface area contributed by atoms with E-state index in [1.165, 1.54) is 24.3 Å². The zero-order chi connectivity index (χ0) is 26.6. The molecule has 1 heterocycles. The van der Waals surface area contributed by atoms with Crippen molar-refractivity contribution in [3.63, 3.8) is 0 Å². The number of carbonyl (C=O) groups is 3. The molecule has 0 spiro atoms. The lowest BCUT2D eigenvalue weighted by Crippen LogP contribution is -2.28. The molecule has 2 aromatic carbocycles. The number of rotatable bonds is 7. The summed E-state index contributed by atoms with van der Waals surface area (Å²) in [5, 5.41) is 22.8. The summed E-state index contributed by atoms with van der Waals surface area (Å²) in [6.07, 6.45) is -4.30. The number of aliphatic carboxylic acids is 1. The first kappa shape index (κ1) is 26.5. The van der Waals surface area contributed by atoms with Gasteiger partial charge in [-0.05, 0) is 42.0 Å². The van der Waals surface area contributed by atoms with Crippen molar-refractivity contribution in [3.8, 4) is 5.75 Å². The summed E-state index contributed by atoms with van der Waals surface area (Å²) in [7, 11) is 0. The van der Waals surface area contributed by atoms with Crippen LogP contribution in [0.25, 0.3) is 6.08 Å². The number of phenols is 1. The van der Waals surface area contributed by atoms with Crippen molar-refractivity contribution in [1.29, 1.82) is 0 Å². The minimum Gasteiger partial charge on any atom is -0.508 e. The molecule has 0 saturated carbocycles. The fraction of sp³-hybridized carbons (Fsp3) is 0.0909. The van der Waals surface area contributed by atoms with Crippen LogP contribution in [0, 0.1) is 0 Å². The van der Waals surface area contributed by atoms with E-state index in [1.54, 1.807) is 12.1 Å². The van der Waals surface area contributed by atoms with Crippen molar-refractivity contribution in [2.75, 3.05) is 5.73 Å². The Morgan fingerprint density at radius 3 is 2.47 bits per heavy atom. The van der Waals surface area contributed by atoms with Crippen molar-refractivity contribution in [2.45, 2.75) is 12.7 Å². The molecule has 0 aliphatic rings. The van der Waals surface area contributed by atoms with Gasteiger partial charge in [0.2, 0.25) is 0 Å². The number of carboxylic acids is 1. The molecule has 188 valence electrons. The van der Waals surface area contributed by atoms with Gasteiger partial charge in [0.15, 0.2) is 10.8 Å². The zero-order valence-electron chi connectivity index (χ0n) is 17.9. The molecule has 0 radical (unpaired) electrons. The van der Waals surface area contributed by atoms with Crippen molar-refractivity contribution in [2.24, 2.45) is 0 Å². The number of benzene rings is 2. The number of hydrogen-bond acceptors (Lipinski definition) is 7. The van der Waals surface area contributed by atoms with Crippen molar-refractivity contribution >= 4 is 51.9 Å². The van der Waals surface area contributed by atoms with Crippen LogP contribution in [0.4, 0.5) is 18.3 Å². The van der Waals surface area contributed by atoms with E-state index in [2.05, 4.69) is 10.3 Å². The Labute approximate surface area is 210 Å². The number of hydrogen-bond donors (Lipinski definition) is 5. The highest BCUT2D eigenvalue weighted by Gasteiger charge is 2.37. The van der Waals surface area contributed by atoms with Gasteiger partial charge in [0, 0.05) is 12.1 Å². The van der Waals surface area contributed by atoms with Gasteiger partial charge in [0.1, 0.15) is 11.4 Å². The summed E-state index contributed by atoms with van der Waals surface area (Å²) in [5.41, 5.74) is 3.54. The maximum atomic E-state index is 13.1. The Bertz CT molecular complexity index is 1370. The van der Waals surface area contributed by atoms with Gasteiger partial charge >= 0.3 is 12.1 Å². The first-order chi connectivity index (χ1) is 16.8. The molecule has 0 aliphatic carbocycles. The Morgan fingerprint density at radius 2 is 1.86 bits per heavy atom. The maximum absolute atomic E-state index is 13.1. The molecule has 3 rings (SSSR count). The molecule has 0 aliphatic heterocycles. The second-order valence-electron chi connectivity index (χ2n) is 7.13. The van der Waals surface area contributed by atoms with Crippen LogP contribution >= 0.6 is 22.9 Å². The minimum atomic E-state index is -4.89. The number of phenolic OH excluding ortho intramolecular Hbond substituents is 1. The standard InChI is InChI=1S/C22H16ClF3N4O5S/c23-14-7-11(18(32)28-9-10-2-1-3-12(31)6-10)4-5-13(14)19(33)29-15(20(34)35)8-16-17(22(24,25)26)30-21(27)36-16/h1-8,31H,9H2,(H2,27,30)(H,28,32)(H,29,33)(H,34,35)/b15-8-. The van der Waals surface area contributed by atoms with Gasteiger partial charge in [-0.15, -0.1) is 0 Å². The highest BCUT2D eigenvalue weighted by Crippen LogP contribution is 2.36. The zero-order valence-corrected chi connectivity index (χ0v) is 19.5. The molecule has 9 nitrogen and oxygen atoms in total. The van der Waals surface area contributed by atoms with Crippen LogP contribution in [0.2, 0.25) is 5.02 Å². The normalized spacial score (nSPS) is 11.7. The van der Waals surface area contributed by atoms with E-state index in [4.69, 9.17) is 17.3 Å². The number of aromatic nitrogens is 1. The quantitative estimate of drug-likeness (QED) is 0.285. The fourth-order valence-electron chi connectivity index (χ4n) is 2.91. The van der Waals surface area contributed by atoms with Crippen LogP contribution in [-0.2, 0) is 17.5 Å². The van der Waals surface area contributed by atoms with Gasteiger partial charge < -0.3 is 26.6 Å². The summed E-state index contributed by atoms with van der Waals surface area (Å²) in [6.45, 7) is 0.0991. The number of nitrogens with zero attached hydrogens (tertiary/aromatic N) is 1. The fourth-order valence-corrected chi connectivity index (χ4v) is 3.98. The lowest BCUT2D eigenvalue weighted by Gasteiger charge is -2.10. The number of alkyl halides is 3. The molecular weight excluding hydrogens is 525 g/mol. The van der Waals surface area contributed by atoms with Crippen molar-refractivity contribution in [3.05, 3.63) is 80.4 Å². The van der Waals surface area contributed by atoms with Crippen LogP contribution in [0.15, 0.2) is 48.2 Å². The molecule has 36 heavy (non-hydrogen) atoms. The second-order valence-corrected chi connectivity index (χ2v) is 8.60. The Hall–Kier alpha value is -4.10. The number of amides is 2. The Morgan fingerprint density at radius 1 is 1.14 bits per heavy atom. The van der Waals surface area contributed by atoms with E-state index in [9.17, 15) is 37.8 Å². The van der Waals surface area contributed by atoms with Crippen LogP contribution in [0.3, 0.4) is 0 Å². The van der Waals surface area contributed by atoms with E-state index < -0.39 is 45.4 Å². The third kappa shape index (κ3) is 6.52. The average Bonchev–Trinajstić information content (AvgIpc) is 3.17. The number of halogens is 4. The van der Waals surface area contributed by atoms with E-state index in [1.807, 2.05) is 5.32 Å². The van der Waals surface area contributed by atoms with Crippen LogP contribution < -0.4 is 16.4 Å². The molecule has 0 bridgehead atoms. The summed E-state index contributed by atoms with van der Waals surface area (Å²) in [5.74, 6) is -3.27. The molecule has 3 aromatic rings. The smallest absolute Gasteiger partial charge is 0.434 e. The van der Waals surface area contributed by atoms with Crippen LogP contribution in [0.5, 0.6) is 5.75 Å². The first-order valence-corrected chi connectivity index (χ1v) is 11.0. The number of thiazole rings is 1. The second kappa shape index (κ2) is 10.7. The van der Waals surface area contributed by atoms with E-state index in [0.29, 0.717) is 23.0 Å². The average molecular weight is 541 g/mol. The molecule has 2 amide bonds. The molecule has 0 fully saturated rings. The third-order valence-electron chi connectivity index (χ3n) is 4.53. The third-order valence-corrected chi connectivity index (χ3v) is 5.68. The monoisotopic (exact) mass is 540 g/mol. The number of carbonyl (C=O) groups excluding carboxylic acids is 2. The Balaban J connectivity index is 1.77. The number of nitrogen functional groups attached to an aromatic ring is 1. The predicted octanol–water partition coefficient (Wildman–Crippen LogP) is 3.89. The molecule has 1 aromatic heterocycles. The summed E-state index contributed by atoms with van der Waals surface area (Å²) in [6, 6.07) is 9.82. The summed E-state index contributed by atoms with van der Waals surface area (Å²) >= 11 is 6.50. The van der Waals surface area contributed by atoms with Crippen molar-refractivity contribution < 1.29 is 37.8 Å². The van der Waals surface area contributed by atoms with E-state index in [-0.39, 0.29) is 28.4 Å². The van der Waals surface area contributed by atoms with E-state index >= 15 is 0 Å². The molecule has 0 saturated heterocycles. The highest BCUT2D eigenvalue weighted by molar-refractivity contribution is 7.16. The lowest BCUT2D eigenvalue weighted by atomic mass is 10.1. The molecule has 0 unspecified atom stereocenters. The predicted molar refractivity (Wildman–Crippen MR) is 125 cm³/mol. The molecule has 0 atom stereocenters. The molecule has 6 N–H and O–H groups in total. The van der Waals surface area contributed by atoms with Gasteiger partial charge in [0.25, 0.3) is 11.8 Å². The van der Waals surface area contributed by atoms with Gasteiger partial charge in [0.05, 0.1) is 15.5 Å². The Kier molecular flexibility index (Phi) is 7.85. The maximum Gasteiger partial charge on any atom is 0.434 e. The molecular formula is C22H16ClF3N4O5S. The van der Waals surface area contributed by atoms with Crippen LogP contribution in [0.1, 0.15) is 36.9 Å². The lowest BCUT2D eigenvalue weighted by molar-refractivity contribution is -0.141. The number of nitrogens with one attached hydrogen (secondary N) is 2. The topological polar surface area (TPSA) is 155 Å². The number of aromatic hydroxyl groups is 1. The van der Waals surface area contributed by atoms with Crippen molar-refractivity contribution in [1.82, 2.24) is 15.6 Å². The largest absolute Gasteiger partial charge is 0.508 e. The van der Waals surface area contributed by atoms with Crippen LogP contribution in [-0.4, -0.2) is 33.0 Å². The summed E-state index contributed by atoms with van der Waals surface area (Å²) in [4.78, 5) is 39.1. The van der Waals surface area contributed by atoms with Gasteiger partial charge in [-0.25, -0.2) is 9.78 Å². The SMILES string of the molecule is Nc1nc(C(F)(F)F)c(/C=C(\NC(=O)c2ccc(C(=O)NCc3cccc(O)c3)cc2Cl)C(=O)O)s1. The first-order valence-electron chi connectivity index (χ1n) is 9.80. The minimum absolute atomic E-state index is 0.0309. The number of anilines is 1. The summed E-state index contributed by atoms with van der Waals surface area (Å²) < 4.78 is 39.4. The van der Waals surface area contributed by atoms with E-state index in [0.717, 1.165) is 6.07 Å². The van der Waals surface area contributed by atoms with Gasteiger partial charge in [-0.2, -0.15) is 13.2 Å². The highest BCUT2D eigenvalue weighted by atomic mass is 35.5. The number of nitrogens with two attached hydrogens (primary N) is 1. The van der Waals surface area contributed by atoms with Gasteiger partial charge in [-0.1, -0.05) is 35.1 Å². The molecule has 14 heteroatoms. The van der Waals surface area contributed by atoms with Gasteiger partial charge in [-0.3, -0.25) is 9.59 Å².